The maximum absolute atomic E-state index is 5.37. The Morgan fingerprint density at radius 1 is 1.25 bits per heavy atom. The fourth-order valence-electron chi connectivity index (χ4n) is 2.67. The molecule has 2 rings (SSSR count). The molecule has 0 aliphatic rings. The number of rotatable bonds is 6. The number of aryl methyl sites for hydroxylation is 1. The fourth-order valence-corrected chi connectivity index (χ4v) is 2.67. The Labute approximate surface area is 121 Å². The number of nitrogens with zero attached hydrogens (tertiary/aromatic N) is 2. The Kier molecular flexibility index (Phi) is 4.83. The van der Waals surface area contributed by atoms with Crippen molar-refractivity contribution in [2.45, 2.75) is 46.0 Å². The van der Waals surface area contributed by atoms with Gasteiger partial charge in [-0.3, -0.25) is 0 Å². The predicted molar refractivity (Wildman–Crippen MR) is 82.8 cm³/mol. The van der Waals surface area contributed by atoms with Crippen LogP contribution in [0.4, 0.5) is 0 Å². The number of methoxy groups -OCH3 is 1. The number of benzene rings is 1. The van der Waals surface area contributed by atoms with E-state index in [2.05, 4.69) is 31.1 Å². The first kappa shape index (κ1) is 14.6. The summed E-state index contributed by atoms with van der Waals surface area (Å²) in [6, 6.07) is 8.35. The second-order valence-corrected chi connectivity index (χ2v) is 5.22. The quantitative estimate of drug-likeness (QED) is 0.775. The van der Waals surface area contributed by atoms with Crippen molar-refractivity contribution >= 4 is 0 Å². The van der Waals surface area contributed by atoms with Crippen LogP contribution in [-0.2, 0) is 0 Å². The molecular formula is C17H24N2O. The minimum Gasteiger partial charge on any atom is -0.497 e. The van der Waals surface area contributed by atoms with Crippen molar-refractivity contribution in [2.24, 2.45) is 0 Å². The van der Waals surface area contributed by atoms with Crippen LogP contribution in [0.1, 0.15) is 50.3 Å². The molecule has 0 aliphatic carbocycles. The lowest BCUT2D eigenvalue weighted by molar-refractivity contribution is 0.414. The Morgan fingerprint density at radius 3 is 2.60 bits per heavy atom. The van der Waals surface area contributed by atoms with E-state index in [1.807, 2.05) is 29.9 Å². The van der Waals surface area contributed by atoms with E-state index in [1.54, 1.807) is 7.11 Å². The summed E-state index contributed by atoms with van der Waals surface area (Å²) in [5, 5.41) is 4.55. The van der Waals surface area contributed by atoms with Crippen LogP contribution in [0.15, 0.2) is 30.5 Å². The van der Waals surface area contributed by atoms with Crippen LogP contribution in [0.2, 0.25) is 0 Å². The molecular weight excluding hydrogens is 248 g/mol. The van der Waals surface area contributed by atoms with Crippen molar-refractivity contribution in [3.63, 3.8) is 0 Å². The zero-order chi connectivity index (χ0) is 14.5. The first-order valence-corrected chi connectivity index (χ1v) is 7.40. The molecule has 0 fully saturated rings. The zero-order valence-electron chi connectivity index (χ0n) is 12.9. The van der Waals surface area contributed by atoms with Crippen molar-refractivity contribution in [1.29, 1.82) is 0 Å². The van der Waals surface area contributed by atoms with E-state index < -0.39 is 0 Å². The molecule has 3 heteroatoms. The van der Waals surface area contributed by atoms with Crippen molar-refractivity contribution in [3.05, 3.63) is 41.7 Å². The van der Waals surface area contributed by atoms with E-state index in [0.717, 1.165) is 23.6 Å². The predicted octanol–water partition coefficient (Wildman–Crippen LogP) is 4.48. The molecule has 1 heterocycles. The number of ether oxygens (including phenoxy) is 1. The first-order valence-electron chi connectivity index (χ1n) is 7.40. The molecule has 1 aromatic heterocycles. The average molecular weight is 272 g/mol. The summed E-state index contributed by atoms with van der Waals surface area (Å²) in [7, 11) is 1.70. The third-order valence-electron chi connectivity index (χ3n) is 3.78. The summed E-state index contributed by atoms with van der Waals surface area (Å²) in [6.07, 6.45) is 5.57. The molecule has 0 amide bonds. The number of aromatic nitrogens is 2. The normalized spacial score (nSPS) is 12.4. The van der Waals surface area contributed by atoms with Gasteiger partial charge in [0.1, 0.15) is 5.75 Å². The van der Waals surface area contributed by atoms with Crippen molar-refractivity contribution in [2.75, 3.05) is 7.11 Å². The van der Waals surface area contributed by atoms with Crippen LogP contribution in [0.25, 0.3) is 5.69 Å². The summed E-state index contributed by atoms with van der Waals surface area (Å²) < 4.78 is 7.33. The zero-order valence-corrected chi connectivity index (χ0v) is 12.9. The summed E-state index contributed by atoms with van der Waals surface area (Å²) in [6.45, 7) is 6.51. The van der Waals surface area contributed by atoms with Crippen LogP contribution in [0.5, 0.6) is 5.75 Å². The molecule has 1 aromatic carbocycles. The van der Waals surface area contributed by atoms with Gasteiger partial charge in [-0.15, -0.1) is 0 Å². The third kappa shape index (κ3) is 3.03. The molecule has 3 nitrogen and oxygen atoms in total. The van der Waals surface area contributed by atoms with Crippen LogP contribution in [0, 0.1) is 6.92 Å². The van der Waals surface area contributed by atoms with Crippen LogP contribution < -0.4 is 4.74 Å². The maximum Gasteiger partial charge on any atom is 0.121 e. The molecule has 108 valence electrons. The number of hydrogen-bond acceptors (Lipinski definition) is 2. The molecule has 0 N–H and O–H groups in total. The standard InChI is InChI=1S/C17H24N2O/c1-5-7-14(6-2)16-9-8-15(20-4)12-17(16)19-11-10-13(3)18-19/h8-12,14H,5-7H2,1-4H3. The van der Waals surface area contributed by atoms with Gasteiger partial charge in [0, 0.05) is 12.3 Å². The Bertz CT molecular complexity index is 560. The fraction of sp³-hybridized carbons (Fsp3) is 0.471. The molecule has 2 aromatic rings. The molecule has 1 atom stereocenters. The maximum atomic E-state index is 5.37. The topological polar surface area (TPSA) is 27.1 Å². The minimum absolute atomic E-state index is 0.574. The van der Waals surface area contributed by atoms with Gasteiger partial charge in [-0.1, -0.05) is 26.3 Å². The Morgan fingerprint density at radius 2 is 2.05 bits per heavy atom. The smallest absolute Gasteiger partial charge is 0.121 e. The third-order valence-corrected chi connectivity index (χ3v) is 3.78. The second kappa shape index (κ2) is 6.60. The lowest BCUT2D eigenvalue weighted by Gasteiger charge is -2.19. The van der Waals surface area contributed by atoms with Crippen molar-refractivity contribution in [1.82, 2.24) is 9.78 Å². The Balaban J connectivity index is 2.50. The highest BCUT2D eigenvalue weighted by Gasteiger charge is 2.15. The molecule has 0 bridgehead atoms. The SMILES string of the molecule is CCCC(CC)c1ccc(OC)cc1-n1ccc(C)n1. The molecule has 1 unspecified atom stereocenters. The van der Waals surface area contributed by atoms with Crippen LogP contribution in [0.3, 0.4) is 0 Å². The average Bonchev–Trinajstić information content (AvgIpc) is 2.90. The van der Waals surface area contributed by atoms with Gasteiger partial charge in [-0.05, 0) is 43.4 Å². The molecule has 0 saturated carbocycles. The highest BCUT2D eigenvalue weighted by atomic mass is 16.5. The van der Waals surface area contributed by atoms with Crippen LogP contribution >= 0.6 is 0 Å². The van der Waals surface area contributed by atoms with Gasteiger partial charge >= 0.3 is 0 Å². The molecule has 0 aliphatic heterocycles. The summed E-state index contributed by atoms with van der Waals surface area (Å²) in [4.78, 5) is 0. The second-order valence-electron chi connectivity index (χ2n) is 5.22. The van der Waals surface area contributed by atoms with E-state index in [-0.39, 0.29) is 0 Å². The van der Waals surface area contributed by atoms with Crippen molar-refractivity contribution in [3.8, 4) is 11.4 Å². The minimum atomic E-state index is 0.574. The van der Waals surface area contributed by atoms with E-state index in [9.17, 15) is 0 Å². The highest BCUT2D eigenvalue weighted by molar-refractivity contribution is 5.48. The highest BCUT2D eigenvalue weighted by Crippen LogP contribution is 2.32. The van der Waals surface area contributed by atoms with Gasteiger partial charge in [-0.25, -0.2) is 4.68 Å². The van der Waals surface area contributed by atoms with Gasteiger partial charge in [0.15, 0.2) is 0 Å². The molecule has 20 heavy (non-hydrogen) atoms. The monoisotopic (exact) mass is 272 g/mol. The van der Waals surface area contributed by atoms with E-state index in [0.29, 0.717) is 5.92 Å². The first-order chi connectivity index (χ1) is 9.69. The summed E-state index contributed by atoms with van der Waals surface area (Å²) >= 11 is 0. The summed E-state index contributed by atoms with van der Waals surface area (Å²) in [5.74, 6) is 1.45. The van der Waals surface area contributed by atoms with Crippen LogP contribution in [-0.4, -0.2) is 16.9 Å². The van der Waals surface area contributed by atoms with Gasteiger partial charge < -0.3 is 4.74 Å². The van der Waals surface area contributed by atoms with E-state index in [4.69, 9.17) is 4.74 Å². The lowest BCUT2D eigenvalue weighted by atomic mass is 9.90. The summed E-state index contributed by atoms with van der Waals surface area (Å²) in [5.41, 5.74) is 3.53. The van der Waals surface area contributed by atoms with Gasteiger partial charge in [0.25, 0.3) is 0 Å². The molecule has 0 spiro atoms. The molecule has 0 radical (unpaired) electrons. The van der Waals surface area contributed by atoms with Gasteiger partial charge in [-0.2, -0.15) is 5.10 Å². The number of hydrogen-bond donors (Lipinski definition) is 0. The van der Waals surface area contributed by atoms with Crippen molar-refractivity contribution < 1.29 is 4.74 Å². The van der Waals surface area contributed by atoms with E-state index in [1.165, 1.54) is 18.4 Å². The van der Waals surface area contributed by atoms with Gasteiger partial charge in [0.05, 0.1) is 18.5 Å². The lowest BCUT2D eigenvalue weighted by Crippen LogP contribution is -2.06. The largest absolute Gasteiger partial charge is 0.497 e. The van der Waals surface area contributed by atoms with E-state index >= 15 is 0 Å². The Hall–Kier alpha value is -1.77. The van der Waals surface area contributed by atoms with Gasteiger partial charge in [0.2, 0.25) is 0 Å². The molecule has 0 saturated heterocycles.